The van der Waals surface area contributed by atoms with Crippen molar-refractivity contribution in [2.75, 3.05) is 37.0 Å². The second kappa shape index (κ2) is 7.65. The number of benzene rings is 1. The Balaban J connectivity index is 1.91. The molecule has 0 aliphatic carbocycles. The topological polar surface area (TPSA) is 43.2 Å². The van der Waals surface area contributed by atoms with Crippen LogP contribution in [0.2, 0.25) is 0 Å². The lowest BCUT2D eigenvalue weighted by Gasteiger charge is -2.27. The van der Waals surface area contributed by atoms with Crippen molar-refractivity contribution in [2.24, 2.45) is 0 Å². The van der Waals surface area contributed by atoms with Gasteiger partial charge in [0.1, 0.15) is 0 Å². The van der Waals surface area contributed by atoms with Crippen molar-refractivity contribution < 1.29 is 4.74 Å². The molecule has 22 heavy (non-hydrogen) atoms. The summed E-state index contributed by atoms with van der Waals surface area (Å²) in [4.78, 5) is 2.26. The zero-order chi connectivity index (χ0) is 15.2. The number of para-hydroxylation sites is 1. The highest BCUT2D eigenvalue weighted by molar-refractivity contribution is 7.99. The van der Waals surface area contributed by atoms with Gasteiger partial charge in [0, 0.05) is 18.8 Å². The van der Waals surface area contributed by atoms with Gasteiger partial charge in [0.15, 0.2) is 5.16 Å². The molecule has 0 saturated carbocycles. The van der Waals surface area contributed by atoms with Crippen LogP contribution in [-0.4, -0.2) is 46.8 Å². The van der Waals surface area contributed by atoms with E-state index in [2.05, 4.69) is 50.9 Å². The zero-order valence-electron chi connectivity index (χ0n) is 12.9. The molecule has 118 valence electrons. The van der Waals surface area contributed by atoms with Crippen LogP contribution in [0.1, 0.15) is 19.8 Å². The average molecular weight is 318 g/mol. The van der Waals surface area contributed by atoms with Crippen molar-refractivity contribution in [2.45, 2.75) is 24.9 Å². The summed E-state index contributed by atoms with van der Waals surface area (Å²) in [5.74, 6) is 2.00. The Labute approximate surface area is 135 Å². The van der Waals surface area contributed by atoms with Crippen LogP contribution in [0.3, 0.4) is 0 Å². The molecule has 1 aliphatic rings. The van der Waals surface area contributed by atoms with Crippen LogP contribution in [0.15, 0.2) is 35.5 Å². The van der Waals surface area contributed by atoms with Crippen molar-refractivity contribution in [3.63, 3.8) is 0 Å². The third-order valence-electron chi connectivity index (χ3n) is 3.65. The van der Waals surface area contributed by atoms with Crippen LogP contribution in [0.25, 0.3) is 5.69 Å². The van der Waals surface area contributed by atoms with E-state index in [1.165, 1.54) is 12.8 Å². The predicted molar refractivity (Wildman–Crippen MR) is 90.0 cm³/mol. The third-order valence-corrected chi connectivity index (χ3v) is 4.67. The first kappa shape index (κ1) is 15.4. The second-order valence-electron chi connectivity index (χ2n) is 5.25. The summed E-state index contributed by atoms with van der Waals surface area (Å²) in [6.45, 7) is 5.44. The molecule has 0 unspecified atom stereocenters. The molecule has 0 amide bonds. The molecular weight excluding hydrogens is 296 g/mol. The number of ether oxygens (including phenoxy) is 1. The number of aromatic nitrogens is 3. The molecule has 0 bridgehead atoms. The summed E-state index contributed by atoms with van der Waals surface area (Å²) in [7, 11) is 0. The van der Waals surface area contributed by atoms with E-state index in [0.29, 0.717) is 0 Å². The minimum Gasteiger partial charge on any atom is -0.378 e. The molecule has 0 atom stereocenters. The minimum atomic E-state index is 0.750. The van der Waals surface area contributed by atoms with Crippen molar-refractivity contribution in [3.8, 4) is 5.69 Å². The fourth-order valence-electron chi connectivity index (χ4n) is 2.43. The lowest BCUT2D eigenvalue weighted by molar-refractivity contribution is 0.122. The van der Waals surface area contributed by atoms with Crippen LogP contribution in [0.4, 0.5) is 5.95 Å². The number of hydrogen-bond acceptors (Lipinski definition) is 5. The third kappa shape index (κ3) is 3.44. The number of unbranched alkanes of at least 4 members (excludes halogenated alkanes) is 1. The lowest BCUT2D eigenvalue weighted by atomic mass is 10.3. The first-order valence-corrected chi connectivity index (χ1v) is 8.85. The fourth-order valence-corrected chi connectivity index (χ4v) is 3.46. The summed E-state index contributed by atoms with van der Waals surface area (Å²) in [5, 5.41) is 9.86. The molecule has 3 rings (SSSR count). The van der Waals surface area contributed by atoms with Gasteiger partial charge in [-0.1, -0.05) is 43.3 Å². The van der Waals surface area contributed by atoms with Crippen molar-refractivity contribution >= 4 is 17.7 Å². The highest BCUT2D eigenvalue weighted by Gasteiger charge is 2.21. The number of nitrogens with zero attached hydrogens (tertiary/aromatic N) is 4. The van der Waals surface area contributed by atoms with Gasteiger partial charge in [0.05, 0.1) is 18.9 Å². The normalized spacial score (nSPS) is 15.2. The Morgan fingerprint density at radius 1 is 1.14 bits per heavy atom. The summed E-state index contributed by atoms with van der Waals surface area (Å²) < 4.78 is 7.62. The van der Waals surface area contributed by atoms with Crippen LogP contribution < -0.4 is 4.90 Å². The number of anilines is 1. The van der Waals surface area contributed by atoms with Crippen molar-refractivity contribution in [1.82, 2.24) is 14.8 Å². The molecule has 6 heteroatoms. The van der Waals surface area contributed by atoms with Gasteiger partial charge in [-0.3, -0.25) is 4.57 Å². The van der Waals surface area contributed by atoms with E-state index in [-0.39, 0.29) is 0 Å². The molecule has 0 N–H and O–H groups in total. The molecule has 5 nitrogen and oxygen atoms in total. The summed E-state index contributed by atoms with van der Waals surface area (Å²) in [5.41, 5.74) is 1.12. The molecule has 1 aromatic carbocycles. The van der Waals surface area contributed by atoms with E-state index >= 15 is 0 Å². The number of morpholine rings is 1. The van der Waals surface area contributed by atoms with Crippen molar-refractivity contribution in [1.29, 1.82) is 0 Å². The SMILES string of the molecule is CCCCSc1nnc(N2CCOCC2)n1-c1ccccc1. The minimum absolute atomic E-state index is 0.750. The Morgan fingerprint density at radius 2 is 1.91 bits per heavy atom. The number of thioether (sulfide) groups is 1. The smallest absolute Gasteiger partial charge is 0.232 e. The zero-order valence-corrected chi connectivity index (χ0v) is 13.8. The maximum absolute atomic E-state index is 5.45. The van der Waals surface area contributed by atoms with E-state index in [4.69, 9.17) is 4.74 Å². The Kier molecular flexibility index (Phi) is 5.34. The van der Waals surface area contributed by atoms with Crippen LogP contribution >= 0.6 is 11.8 Å². The van der Waals surface area contributed by atoms with Crippen molar-refractivity contribution in [3.05, 3.63) is 30.3 Å². The van der Waals surface area contributed by atoms with E-state index in [0.717, 1.165) is 48.8 Å². The largest absolute Gasteiger partial charge is 0.378 e. The van der Waals surface area contributed by atoms with E-state index in [9.17, 15) is 0 Å². The highest BCUT2D eigenvalue weighted by Crippen LogP contribution is 2.27. The van der Waals surface area contributed by atoms with Crippen LogP contribution in [0.5, 0.6) is 0 Å². The van der Waals surface area contributed by atoms with Crippen LogP contribution in [0, 0.1) is 0 Å². The molecule has 2 aromatic rings. The maximum Gasteiger partial charge on any atom is 0.232 e. The Bertz CT molecular complexity index is 581. The molecule has 1 aliphatic heterocycles. The summed E-state index contributed by atoms with van der Waals surface area (Å²) >= 11 is 1.78. The quantitative estimate of drug-likeness (QED) is 0.605. The lowest BCUT2D eigenvalue weighted by Crippen LogP contribution is -2.37. The molecule has 1 saturated heterocycles. The molecule has 1 fully saturated rings. The molecule has 0 radical (unpaired) electrons. The van der Waals surface area contributed by atoms with E-state index in [1.807, 2.05) is 6.07 Å². The van der Waals surface area contributed by atoms with E-state index < -0.39 is 0 Å². The van der Waals surface area contributed by atoms with Gasteiger partial charge in [-0.2, -0.15) is 0 Å². The first-order chi connectivity index (χ1) is 10.9. The average Bonchev–Trinajstić information content (AvgIpc) is 3.01. The monoisotopic (exact) mass is 318 g/mol. The fraction of sp³-hybridized carbons (Fsp3) is 0.500. The molecular formula is C16H22N4OS. The summed E-state index contributed by atoms with van der Waals surface area (Å²) in [6.07, 6.45) is 2.39. The molecule has 0 spiro atoms. The van der Waals surface area contributed by atoms with Gasteiger partial charge in [-0.05, 0) is 18.6 Å². The van der Waals surface area contributed by atoms with Crippen LogP contribution in [-0.2, 0) is 4.74 Å². The predicted octanol–water partition coefficient (Wildman–Crippen LogP) is 3.00. The maximum atomic E-state index is 5.45. The van der Waals surface area contributed by atoms with Gasteiger partial charge in [0.2, 0.25) is 5.95 Å². The van der Waals surface area contributed by atoms with Gasteiger partial charge in [-0.25, -0.2) is 0 Å². The van der Waals surface area contributed by atoms with Gasteiger partial charge in [-0.15, -0.1) is 10.2 Å². The number of hydrogen-bond donors (Lipinski definition) is 0. The molecule has 2 heterocycles. The Morgan fingerprint density at radius 3 is 2.64 bits per heavy atom. The van der Waals surface area contributed by atoms with Gasteiger partial charge >= 0.3 is 0 Å². The highest BCUT2D eigenvalue weighted by atomic mass is 32.2. The summed E-state index contributed by atoms with van der Waals surface area (Å²) in [6, 6.07) is 10.4. The van der Waals surface area contributed by atoms with Gasteiger partial charge in [0.25, 0.3) is 0 Å². The first-order valence-electron chi connectivity index (χ1n) is 7.86. The Hall–Kier alpha value is -1.53. The second-order valence-corrected chi connectivity index (χ2v) is 6.32. The van der Waals surface area contributed by atoms with Gasteiger partial charge < -0.3 is 9.64 Å². The standard InChI is InChI=1S/C16H22N4OS/c1-2-3-13-22-16-18-17-15(19-9-11-21-12-10-19)20(16)14-7-5-4-6-8-14/h4-8H,2-3,9-13H2,1H3. The van der Waals surface area contributed by atoms with E-state index in [1.54, 1.807) is 11.8 Å². The number of rotatable bonds is 6. The molecule has 1 aromatic heterocycles.